The Morgan fingerprint density at radius 1 is 0.306 bits per heavy atom. The second-order valence-corrected chi connectivity index (χ2v) is 27.8. The molecule has 0 saturated carbocycles. The van der Waals surface area contributed by atoms with Crippen molar-refractivity contribution in [3.63, 3.8) is 0 Å². The van der Waals surface area contributed by atoms with E-state index in [9.17, 15) is 43.2 Å². The van der Waals surface area contributed by atoms with Crippen LogP contribution in [0.3, 0.4) is 0 Å². The van der Waals surface area contributed by atoms with E-state index in [1.807, 2.05) is 18.2 Å². The fourth-order valence-corrected chi connectivity index (χ4v) is 11.3. The molecule has 0 heterocycles. The molecule has 562 valence electrons. The number of carbonyl (C=O) groups is 4. The molecule has 0 aromatic carbocycles. The first-order chi connectivity index (χ1) is 47.7. The van der Waals surface area contributed by atoms with Gasteiger partial charge in [0.05, 0.1) is 32.8 Å². The van der Waals surface area contributed by atoms with E-state index in [0.29, 0.717) is 25.7 Å². The molecule has 0 spiro atoms. The minimum atomic E-state index is -5.00. The number of phosphoric acid groups is 2. The second kappa shape index (κ2) is 70.9. The molecule has 5 unspecified atom stereocenters. The Balaban J connectivity index is 5.40. The standard InChI is InChI=1S/C79H134O17P2/c1-5-9-13-17-21-25-29-32-35-36-39-41-45-48-52-56-60-64-77(82)89-69-74(95-78(83)65-61-57-53-49-43-28-24-20-16-12-8-4)71-93-97(85,86)91-67-73(80)68-92-98(87,88)94-72-75(96-79(84)66-62-58-54-50-46-42-38-34-31-27-23-19-15-11-7-3)70-90-76(81)63-59-55-51-47-44-40-37-33-30-26-22-18-14-10-6-2/h9-10,13-14,21-23,25-27,32-35,37-38,44,47,55,59,73-75,80H,5-8,11-12,15-20,24,28-31,36,39-43,45-46,48-54,56-58,60-72H2,1-4H3,(H,85,86)(H,87,88)/b13-9-,14-10-,25-21-,26-22-,27-23-,35-32-,37-33-,38-34-,47-44-,59-55-. The van der Waals surface area contributed by atoms with Gasteiger partial charge in [0.25, 0.3) is 0 Å². The fraction of sp³-hybridized carbons (Fsp3) is 0.696. The van der Waals surface area contributed by atoms with Gasteiger partial charge in [-0.15, -0.1) is 0 Å². The van der Waals surface area contributed by atoms with Gasteiger partial charge in [0, 0.05) is 19.3 Å². The van der Waals surface area contributed by atoms with Crippen molar-refractivity contribution >= 4 is 39.5 Å². The van der Waals surface area contributed by atoms with Crippen molar-refractivity contribution in [2.45, 2.75) is 316 Å². The molecule has 0 aromatic rings. The SMILES string of the molecule is CC/C=C\C/C=C\C/C=C\C/C=C\C/C=C\CC(=O)OCC(COP(=O)(O)OCC(O)COP(=O)(O)OCC(COC(=O)CCCCCCCCC/C=C\C/C=C\C/C=C\CC)OC(=O)CCCCCCCCCCCCC)OC(=O)CCCCCCC/C=C\C/C=C\CCCCC. The predicted molar refractivity (Wildman–Crippen MR) is 399 cm³/mol. The van der Waals surface area contributed by atoms with Gasteiger partial charge in [-0.05, 0) is 116 Å². The summed E-state index contributed by atoms with van der Waals surface area (Å²) in [6.45, 7) is 4.48. The average Bonchev–Trinajstić information content (AvgIpc) is 0.982. The van der Waals surface area contributed by atoms with E-state index in [-0.39, 0.29) is 25.7 Å². The first kappa shape index (κ1) is 93.5. The fourth-order valence-electron chi connectivity index (χ4n) is 9.75. The molecule has 98 heavy (non-hydrogen) atoms. The lowest BCUT2D eigenvalue weighted by atomic mass is 10.1. The predicted octanol–water partition coefficient (Wildman–Crippen LogP) is 21.6. The number of ether oxygens (including phenoxy) is 4. The molecule has 5 atom stereocenters. The van der Waals surface area contributed by atoms with Gasteiger partial charge < -0.3 is 33.8 Å². The van der Waals surface area contributed by atoms with Crippen molar-refractivity contribution in [1.29, 1.82) is 0 Å². The van der Waals surface area contributed by atoms with Crippen LogP contribution >= 0.6 is 15.6 Å². The lowest BCUT2D eigenvalue weighted by molar-refractivity contribution is -0.161. The molecule has 0 amide bonds. The maximum absolute atomic E-state index is 13.1. The van der Waals surface area contributed by atoms with Crippen LogP contribution in [-0.4, -0.2) is 96.7 Å². The van der Waals surface area contributed by atoms with Crippen LogP contribution < -0.4 is 0 Å². The molecule has 0 aromatic heterocycles. The summed E-state index contributed by atoms with van der Waals surface area (Å²) in [5.41, 5.74) is 0. The maximum Gasteiger partial charge on any atom is 0.472 e. The van der Waals surface area contributed by atoms with Crippen molar-refractivity contribution in [2.75, 3.05) is 39.6 Å². The Morgan fingerprint density at radius 2 is 0.571 bits per heavy atom. The zero-order valence-electron chi connectivity index (χ0n) is 61.2. The quantitative estimate of drug-likeness (QED) is 0.0169. The van der Waals surface area contributed by atoms with Gasteiger partial charge in [-0.2, -0.15) is 0 Å². The van der Waals surface area contributed by atoms with Crippen LogP contribution in [0.4, 0.5) is 0 Å². The Hall–Kier alpha value is -4.54. The van der Waals surface area contributed by atoms with Gasteiger partial charge in [0.2, 0.25) is 0 Å². The van der Waals surface area contributed by atoms with Crippen LogP contribution in [0, 0.1) is 0 Å². The van der Waals surface area contributed by atoms with Crippen molar-refractivity contribution in [2.24, 2.45) is 0 Å². The monoisotopic (exact) mass is 1420 g/mol. The first-order valence-electron chi connectivity index (χ1n) is 37.8. The highest BCUT2D eigenvalue weighted by molar-refractivity contribution is 7.47. The molecule has 0 fully saturated rings. The average molecular weight is 1420 g/mol. The molecule has 0 aliphatic rings. The van der Waals surface area contributed by atoms with E-state index in [4.69, 9.17) is 37.0 Å². The third-order valence-electron chi connectivity index (χ3n) is 15.5. The summed E-state index contributed by atoms with van der Waals surface area (Å²) in [7, 11) is -9.98. The number of esters is 4. The zero-order valence-corrected chi connectivity index (χ0v) is 63.0. The number of hydrogen-bond donors (Lipinski definition) is 3. The number of carbonyl (C=O) groups excluding carboxylic acids is 4. The summed E-state index contributed by atoms with van der Waals surface area (Å²) in [6, 6.07) is 0. The minimum Gasteiger partial charge on any atom is -0.462 e. The van der Waals surface area contributed by atoms with E-state index in [1.165, 1.54) is 57.8 Å². The highest BCUT2D eigenvalue weighted by Gasteiger charge is 2.30. The normalized spacial score (nSPS) is 14.6. The van der Waals surface area contributed by atoms with E-state index in [2.05, 4.69) is 125 Å². The summed E-state index contributed by atoms with van der Waals surface area (Å²) < 4.78 is 68.3. The topological polar surface area (TPSA) is 237 Å². The largest absolute Gasteiger partial charge is 0.472 e. The van der Waals surface area contributed by atoms with Gasteiger partial charge in [-0.1, -0.05) is 278 Å². The number of rotatable bonds is 70. The molecule has 0 aliphatic carbocycles. The lowest BCUT2D eigenvalue weighted by Gasteiger charge is -2.21. The number of phosphoric ester groups is 2. The van der Waals surface area contributed by atoms with Crippen LogP contribution in [-0.2, 0) is 65.4 Å². The van der Waals surface area contributed by atoms with E-state index in [1.54, 1.807) is 6.08 Å². The number of hydrogen-bond acceptors (Lipinski definition) is 15. The molecular formula is C79H134O17P2. The molecule has 0 radical (unpaired) electrons. The molecule has 0 bridgehead atoms. The molecule has 17 nitrogen and oxygen atoms in total. The van der Waals surface area contributed by atoms with Crippen molar-refractivity contribution in [1.82, 2.24) is 0 Å². The molecule has 0 rings (SSSR count). The summed E-state index contributed by atoms with van der Waals surface area (Å²) in [4.78, 5) is 72.7. The third kappa shape index (κ3) is 69.9. The second-order valence-electron chi connectivity index (χ2n) is 24.8. The molecule has 19 heteroatoms. The number of allylic oxidation sites excluding steroid dienone is 19. The highest BCUT2D eigenvalue weighted by Crippen LogP contribution is 2.45. The van der Waals surface area contributed by atoms with Gasteiger partial charge in [0.15, 0.2) is 12.2 Å². The first-order valence-corrected chi connectivity index (χ1v) is 40.8. The number of aliphatic hydroxyl groups excluding tert-OH is 1. The Morgan fingerprint density at radius 3 is 0.929 bits per heavy atom. The minimum absolute atomic E-state index is 0.0579. The van der Waals surface area contributed by atoms with Crippen molar-refractivity contribution in [3.05, 3.63) is 122 Å². The highest BCUT2D eigenvalue weighted by atomic mass is 31.2. The van der Waals surface area contributed by atoms with Crippen LogP contribution in [0.2, 0.25) is 0 Å². The van der Waals surface area contributed by atoms with Gasteiger partial charge in [-0.25, -0.2) is 9.13 Å². The van der Waals surface area contributed by atoms with Crippen molar-refractivity contribution in [3.8, 4) is 0 Å². The molecule has 3 N–H and O–H groups in total. The summed E-state index contributed by atoms with van der Waals surface area (Å²) in [5, 5.41) is 10.6. The summed E-state index contributed by atoms with van der Waals surface area (Å²) in [6.07, 6.45) is 76.5. The Labute approximate surface area is 593 Å². The van der Waals surface area contributed by atoms with Crippen LogP contribution in [0.1, 0.15) is 297 Å². The Bertz CT molecular complexity index is 2340. The van der Waals surface area contributed by atoms with Gasteiger partial charge in [-0.3, -0.25) is 37.3 Å². The van der Waals surface area contributed by atoms with Gasteiger partial charge >= 0.3 is 39.5 Å². The maximum atomic E-state index is 13.1. The van der Waals surface area contributed by atoms with E-state index < -0.39 is 97.5 Å². The summed E-state index contributed by atoms with van der Waals surface area (Å²) in [5.74, 6) is -2.34. The number of unbranched alkanes of at least 4 members (excludes halogenated alkanes) is 25. The Kier molecular flexibility index (Phi) is 67.6. The molecule has 0 saturated heterocycles. The smallest absolute Gasteiger partial charge is 0.462 e. The molecular weight excluding hydrogens is 1280 g/mol. The van der Waals surface area contributed by atoms with E-state index in [0.717, 1.165) is 161 Å². The number of aliphatic hydroxyl groups is 1. The zero-order chi connectivity index (χ0) is 71.8. The van der Waals surface area contributed by atoms with Crippen LogP contribution in [0.15, 0.2) is 122 Å². The van der Waals surface area contributed by atoms with Crippen molar-refractivity contribution < 1.29 is 80.2 Å². The summed E-state index contributed by atoms with van der Waals surface area (Å²) >= 11 is 0. The van der Waals surface area contributed by atoms with Crippen LogP contribution in [0.5, 0.6) is 0 Å². The lowest BCUT2D eigenvalue weighted by Crippen LogP contribution is -2.30. The van der Waals surface area contributed by atoms with E-state index >= 15 is 0 Å². The molecule has 0 aliphatic heterocycles. The van der Waals surface area contributed by atoms with Crippen LogP contribution in [0.25, 0.3) is 0 Å². The van der Waals surface area contributed by atoms with Gasteiger partial charge in [0.1, 0.15) is 19.3 Å². The third-order valence-corrected chi connectivity index (χ3v) is 17.4.